The third kappa shape index (κ3) is 9.30. The van der Waals surface area contributed by atoms with Crippen LogP contribution >= 0.6 is 0 Å². The number of benzene rings is 2. The Morgan fingerprint density at radius 2 is 0.983 bits per heavy atom. The maximum absolute atomic E-state index is 12.9. The van der Waals surface area contributed by atoms with Crippen LogP contribution in [0.3, 0.4) is 0 Å². The molecule has 2 aliphatic heterocycles. The lowest BCUT2D eigenvalue weighted by Gasteiger charge is -2.49. The number of ether oxygens (including phenoxy) is 6. The molecule has 2 aromatic carbocycles. The number of pyridine rings is 2. The summed E-state index contributed by atoms with van der Waals surface area (Å²) in [5.41, 5.74) is 4.15. The number of piperidine rings is 2. The zero-order valence-electron chi connectivity index (χ0n) is 33.9. The van der Waals surface area contributed by atoms with Gasteiger partial charge in [0.25, 0.3) is 26.1 Å². The van der Waals surface area contributed by atoms with Crippen molar-refractivity contribution >= 4 is 31.6 Å². The van der Waals surface area contributed by atoms with Gasteiger partial charge in [-0.25, -0.2) is 8.37 Å². The van der Waals surface area contributed by atoms with Crippen molar-refractivity contribution in [3.05, 3.63) is 60.9 Å². The van der Waals surface area contributed by atoms with E-state index in [4.69, 9.17) is 41.8 Å². The van der Waals surface area contributed by atoms with Crippen LogP contribution in [0.4, 0.5) is 11.4 Å². The summed E-state index contributed by atoms with van der Waals surface area (Å²) in [7, 11) is 0.786. The minimum absolute atomic E-state index is 0.0164. The SMILES string of the molecule is COc1cc(-c2ccc(N3CCC(C4CCN(c5ccc(-c6cc(OC)c(OC)c(OC)c6)nc5)C(OS(C)(=O)=O)(OS(C)(=O)=O)C4)CC3)cn2)cc(OC)c1OC. The Balaban J connectivity index is 1.21. The average Bonchev–Trinajstić information content (AvgIpc) is 3.21. The first-order chi connectivity index (χ1) is 27.6. The molecule has 0 saturated carbocycles. The first-order valence-corrected chi connectivity index (χ1v) is 22.1. The van der Waals surface area contributed by atoms with Crippen molar-refractivity contribution in [2.24, 2.45) is 11.8 Å². The fraction of sp³-hybridized carbons (Fsp3) is 0.450. The van der Waals surface area contributed by atoms with Gasteiger partial charge >= 0.3 is 0 Å². The summed E-state index contributed by atoms with van der Waals surface area (Å²) >= 11 is 0. The van der Waals surface area contributed by atoms with E-state index in [9.17, 15) is 16.8 Å². The number of rotatable bonds is 15. The van der Waals surface area contributed by atoms with Crippen LogP contribution in [0.1, 0.15) is 25.7 Å². The van der Waals surface area contributed by atoms with Gasteiger partial charge in [-0.3, -0.25) is 9.97 Å². The van der Waals surface area contributed by atoms with Gasteiger partial charge in [0.05, 0.1) is 90.3 Å². The molecular formula is C40H50N4O12S2. The molecule has 0 radical (unpaired) electrons. The van der Waals surface area contributed by atoms with Gasteiger partial charge in [0, 0.05) is 37.2 Å². The fourth-order valence-corrected chi connectivity index (χ4v) is 9.30. The smallest absolute Gasteiger partial charge is 0.283 e. The van der Waals surface area contributed by atoms with E-state index in [0.717, 1.165) is 55.4 Å². The molecule has 0 aliphatic carbocycles. The van der Waals surface area contributed by atoms with Crippen LogP contribution in [0.25, 0.3) is 22.5 Å². The molecule has 0 spiro atoms. The lowest BCUT2D eigenvalue weighted by Crippen LogP contribution is -2.60. The largest absolute Gasteiger partial charge is 0.493 e. The molecule has 1 unspecified atom stereocenters. The van der Waals surface area contributed by atoms with Crippen LogP contribution in [0.15, 0.2) is 60.9 Å². The summed E-state index contributed by atoms with van der Waals surface area (Å²) in [4.78, 5) is 13.2. The summed E-state index contributed by atoms with van der Waals surface area (Å²) in [5, 5.41) is 0. The minimum atomic E-state index is -4.23. The van der Waals surface area contributed by atoms with Crippen molar-refractivity contribution < 1.29 is 53.6 Å². The van der Waals surface area contributed by atoms with Gasteiger partial charge < -0.3 is 38.2 Å². The highest BCUT2D eigenvalue weighted by atomic mass is 32.2. The molecule has 0 amide bonds. The van der Waals surface area contributed by atoms with E-state index in [1.165, 1.54) is 32.4 Å². The second-order valence-electron chi connectivity index (χ2n) is 14.1. The number of hydrogen-bond acceptors (Lipinski definition) is 16. The van der Waals surface area contributed by atoms with Crippen LogP contribution in [-0.4, -0.2) is 108 Å². The van der Waals surface area contributed by atoms with Crippen LogP contribution in [-0.2, 0) is 28.6 Å². The fourth-order valence-electron chi connectivity index (χ4n) is 7.93. The topological polar surface area (TPSA) is 174 Å². The third-order valence-corrected chi connectivity index (χ3v) is 11.6. The lowest BCUT2D eigenvalue weighted by atomic mass is 9.77. The van der Waals surface area contributed by atoms with E-state index < -0.39 is 26.1 Å². The monoisotopic (exact) mass is 842 g/mol. The van der Waals surface area contributed by atoms with Crippen molar-refractivity contribution in [2.45, 2.75) is 31.6 Å². The zero-order chi connectivity index (χ0) is 41.8. The maximum atomic E-state index is 12.9. The number of anilines is 2. The van der Waals surface area contributed by atoms with E-state index in [-0.39, 0.29) is 24.8 Å². The molecule has 2 saturated heterocycles. The van der Waals surface area contributed by atoms with Crippen molar-refractivity contribution in [2.75, 3.05) is 84.6 Å². The van der Waals surface area contributed by atoms with Crippen LogP contribution < -0.4 is 38.2 Å². The van der Waals surface area contributed by atoms with E-state index >= 15 is 0 Å². The Morgan fingerprint density at radius 1 is 0.569 bits per heavy atom. The highest BCUT2D eigenvalue weighted by molar-refractivity contribution is 7.86. The van der Waals surface area contributed by atoms with Gasteiger partial charge in [0.1, 0.15) is 0 Å². The Labute approximate surface area is 340 Å². The van der Waals surface area contributed by atoms with Gasteiger partial charge in [-0.05, 0) is 79.6 Å². The maximum Gasteiger partial charge on any atom is 0.283 e. The molecule has 0 bridgehead atoms. The first kappa shape index (κ1) is 42.6. The number of nitrogens with zero attached hydrogens (tertiary/aromatic N) is 4. The number of aromatic nitrogens is 2. The molecule has 4 aromatic rings. The molecule has 2 aromatic heterocycles. The van der Waals surface area contributed by atoms with E-state index in [1.807, 2.05) is 30.5 Å². The van der Waals surface area contributed by atoms with E-state index in [0.29, 0.717) is 57.9 Å². The predicted molar refractivity (Wildman–Crippen MR) is 218 cm³/mol. The molecule has 6 rings (SSSR count). The Morgan fingerprint density at radius 3 is 1.34 bits per heavy atom. The van der Waals surface area contributed by atoms with Crippen molar-refractivity contribution in [1.82, 2.24) is 9.97 Å². The summed E-state index contributed by atoms with van der Waals surface area (Å²) < 4.78 is 95.8. The highest BCUT2D eigenvalue weighted by Crippen LogP contribution is 2.46. The molecule has 16 nitrogen and oxygen atoms in total. The number of hydrogen-bond donors (Lipinski definition) is 0. The third-order valence-electron chi connectivity index (χ3n) is 10.5. The molecule has 2 aliphatic rings. The molecule has 314 valence electrons. The Hall–Kier alpha value is -5.04. The molecule has 18 heteroatoms. The molecule has 0 N–H and O–H groups in total. The normalized spacial score (nSPS) is 17.4. The predicted octanol–water partition coefficient (Wildman–Crippen LogP) is 5.60. The Bertz CT molecular complexity index is 2200. The zero-order valence-corrected chi connectivity index (χ0v) is 35.5. The average molecular weight is 843 g/mol. The second kappa shape index (κ2) is 17.4. The molecule has 2 fully saturated rings. The van der Waals surface area contributed by atoms with Gasteiger partial charge in [0.15, 0.2) is 23.0 Å². The quantitative estimate of drug-likeness (QED) is 0.107. The summed E-state index contributed by atoms with van der Waals surface area (Å²) in [6.45, 7) is 1.68. The van der Waals surface area contributed by atoms with Crippen LogP contribution in [0, 0.1) is 11.8 Å². The first-order valence-electron chi connectivity index (χ1n) is 18.5. The van der Waals surface area contributed by atoms with E-state index in [1.54, 1.807) is 45.6 Å². The minimum Gasteiger partial charge on any atom is -0.493 e. The molecule has 4 heterocycles. The summed E-state index contributed by atoms with van der Waals surface area (Å²) in [6.07, 6.45) is 7.30. The van der Waals surface area contributed by atoms with Crippen LogP contribution in [0.2, 0.25) is 0 Å². The van der Waals surface area contributed by atoms with Crippen molar-refractivity contribution in [3.63, 3.8) is 0 Å². The van der Waals surface area contributed by atoms with E-state index in [2.05, 4.69) is 9.88 Å². The summed E-state index contributed by atoms with van der Waals surface area (Å²) in [5.74, 6) is 0.727. The van der Waals surface area contributed by atoms with Crippen molar-refractivity contribution in [1.29, 1.82) is 0 Å². The van der Waals surface area contributed by atoms with Crippen LogP contribution in [0.5, 0.6) is 34.5 Å². The summed E-state index contributed by atoms with van der Waals surface area (Å²) in [6, 6.07) is 14.6. The molecular weight excluding hydrogens is 793 g/mol. The lowest BCUT2D eigenvalue weighted by molar-refractivity contribution is -0.138. The highest BCUT2D eigenvalue weighted by Gasteiger charge is 2.52. The van der Waals surface area contributed by atoms with Gasteiger partial charge in [-0.2, -0.15) is 16.8 Å². The van der Waals surface area contributed by atoms with Gasteiger partial charge in [0.2, 0.25) is 11.5 Å². The van der Waals surface area contributed by atoms with Gasteiger partial charge in [-0.1, -0.05) is 0 Å². The Kier molecular flexibility index (Phi) is 12.8. The number of methoxy groups -OCH3 is 6. The standard InChI is InChI=1S/C40H50N4O12S2/c1-49-34-19-28(20-35(50-2)38(34)53-5)32-11-9-30(24-41-32)43-16-13-26(14-17-43)27-15-18-44(40(23-27,55-57(7,45)46)56-58(8,47)48)31-10-12-33(42-25-31)29-21-36(51-3)39(54-6)37(22-29)52-4/h9-12,19-22,24-27H,13-18,23H2,1-8H3. The molecule has 58 heavy (non-hydrogen) atoms. The second-order valence-corrected chi connectivity index (χ2v) is 17.3. The molecule has 1 atom stereocenters. The van der Waals surface area contributed by atoms with Gasteiger partial charge in [-0.15, -0.1) is 0 Å². The van der Waals surface area contributed by atoms with Crippen molar-refractivity contribution in [3.8, 4) is 57.0 Å².